The van der Waals surface area contributed by atoms with Crippen molar-refractivity contribution in [2.45, 2.75) is 27.1 Å². The van der Waals surface area contributed by atoms with Crippen LogP contribution >= 0.6 is 0 Å². The Balaban J connectivity index is 2.14. The van der Waals surface area contributed by atoms with Crippen LogP contribution in [0.2, 0.25) is 0 Å². The molecule has 1 aliphatic heterocycles. The number of hydrogen-bond donors (Lipinski definition) is 0. The van der Waals surface area contributed by atoms with Gasteiger partial charge in [0.15, 0.2) is 11.5 Å². The minimum absolute atomic E-state index is 0.203. The second kappa shape index (κ2) is 4.05. The smallest absolute Gasteiger partial charge is 0.238 e. The molecule has 0 amide bonds. The maximum Gasteiger partial charge on any atom is 0.238 e. The first-order valence-electron chi connectivity index (χ1n) is 6.19. The lowest BCUT2D eigenvalue weighted by Gasteiger charge is -2.08. The molecule has 18 heavy (non-hydrogen) atoms. The number of ether oxygens (including phenoxy) is 2. The van der Waals surface area contributed by atoms with Gasteiger partial charge in [0.25, 0.3) is 0 Å². The minimum atomic E-state index is -0.203. The second-order valence-corrected chi connectivity index (χ2v) is 4.76. The highest BCUT2D eigenvalue weighted by Crippen LogP contribution is 2.45. The van der Waals surface area contributed by atoms with E-state index in [9.17, 15) is 0 Å². The molecule has 1 atom stereocenters. The van der Waals surface area contributed by atoms with Gasteiger partial charge in [-0.05, 0) is 25.0 Å². The fraction of sp³-hybridized carbons (Fsp3) is 0.250. The van der Waals surface area contributed by atoms with Crippen LogP contribution in [0.5, 0.6) is 11.5 Å². The Bertz CT molecular complexity index is 585. The van der Waals surface area contributed by atoms with Crippen molar-refractivity contribution in [2.75, 3.05) is 0 Å². The second-order valence-electron chi connectivity index (χ2n) is 4.76. The standard InChI is InChI=1S/C16H16O2/c1-10-4-7-13(8-5-10)14-9-6-11(2)15-16(14)18-12(3)17-15/h4-9,12H,1-3H3. The number of benzene rings is 2. The number of rotatable bonds is 1. The topological polar surface area (TPSA) is 18.5 Å². The maximum atomic E-state index is 5.78. The van der Waals surface area contributed by atoms with Gasteiger partial charge < -0.3 is 9.47 Å². The van der Waals surface area contributed by atoms with Gasteiger partial charge in [0, 0.05) is 12.5 Å². The monoisotopic (exact) mass is 240 g/mol. The van der Waals surface area contributed by atoms with Crippen LogP contribution in [0, 0.1) is 13.8 Å². The van der Waals surface area contributed by atoms with Crippen molar-refractivity contribution in [1.82, 2.24) is 0 Å². The first-order valence-corrected chi connectivity index (χ1v) is 6.19. The summed E-state index contributed by atoms with van der Waals surface area (Å²) in [5.74, 6) is 1.74. The summed E-state index contributed by atoms with van der Waals surface area (Å²) in [6.45, 7) is 6.04. The summed E-state index contributed by atoms with van der Waals surface area (Å²) in [7, 11) is 0. The average Bonchev–Trinajstić information content (AvgIpc) is 2.74. The normalized spacial score (nSPS) is 16.9. The lowest BCUT2D eigenvalue weighted by atomic mass is 10.0. The third kappa shape index (κ3) is 1.74. The van der Waals surface area contributed by atoms with Crippen molar-refractivity contribution in [3.8, 4) is 22.6 Å². The van der Waals surface area contributed by atoms with Crippen LogP contribution in [-0.2, 0) is 0 Å². The fourth-order valence-electron chi connectivity index (χ4n) is 2.24. The Hall–Kier alpha value is -1.96. The maximum absolute atomic E-state index is 5.78. The quantitative estimate of drug-likeness (QED) is 0.747. The van der Waals surface area contributed by atoms with Crippen LogP contribution in [0.3, 0.4) is 0 Å². The summed E-state index contributed by atoms with van der Waals surface area (Å²) >= 11 is 0. The van der Waals surface area contributed by atoms with Crippen molar-refractivity contribution in [1.29, 1.82) is 0 Å². The van der Waals surface area contributed by atoms with Crippen molar-refractivity contribution < 1.29 is 9.47 Å². The molecule has 1 aliphatic rings. The molecule has 0 radical (unpaired) electrons. The van der Waals surface area contributed by atoms with Gasteiger partial charge in [-0.25, -0.2) is 0 Å². The zero-order chi connectivity index (χ0) is 12.7. The van der Waals surface area contributed by atoms with Gasteiger partial charge in [-0.1, -0.05) is 42.0 Å². The molecular formula is C16H16O2. The molecule has 3 rings (SSSR count). The Labute approximate surface area is 107 Å². The molecule has 1 heterocycles. The molecule has 0 aromatic heterocycles. The summed E-state index contributed by atoms with van der Waals surface area (Å²) in [5, 5.41) is 0. The van der Waals surface area contributed by atoms with E-state index in [4.69, 9.17) is 9.47 Å². The van der Waals surface area contributed by atoms with Gasteiger partial charge in [-0.3, -0.25) is 0 Å². The number of hydrogen-bond acceptors (Lipinski definition) is 2. The molecule has 1 unspecified atom stereocenters. The Kier molecular flexibility index (Phi) is 2.51. The largest absolute Gasteiger partial charge is 0.451 e. The molecule has 2 aromatic rings. The lowest BCUT2D eigenvalue weighted by molar-refractivity contribution is 0.0678. The zero-order valence-corrected chi connectivity index (χ0v) is 10.9. The van der Waals surface area contributed by atoms with Gasteiger partial charge >= 0.3 is 0 Å². The molecule has 0 fully saturated rings. The van der Waals surface area contributed by atoms with E-state index in [2.05, 4.69) is 43.3 Å². The van der Waals surface area contributed by atoms with Gasteiger partial charge in [0.2, 0.25) is 6.29 Å². The van der Waals surface area contributed by atoms with Crippen LogP contribution in [0.4, 0.5) is 0 Å². The molecular weight excluding hydrogens is 224 g/mol. The third-order valence-corrected chi connectivity index (χ3v) is 3.24. The van der Waals surface area contributed by atoms with Crippen molar-refractivity contribution in [3.05, 3.63) is 47.5 Å². The first-order chi connectivity index (χ1) is 8.65. The summed E-state index contributed by atoms with van der Waals surface area (Å²) < 4.78 is 11.5. The molecule has 2 aromatic carbocycles. The average molecular weight is 240 g/mol. The van der Waals surface area contributed by atoms with E-state index in [-0.39, 0.29) is 6.29 Å². The molecule has 0 N–H and O–H groups in total. The van der Waals surface area contributed by atoms with E-state index in [0.717, 1.165) is 28.2 Å². The summed E-state index contributed by atoms with van der Waals surface area (Å²) in [6.07, 6.45) is -0.203. The first kappa shape index (κ1) is 11.1. The summed E-state index contributed by atoms with van der Waals surface area (Å²) in [5.41, 5.74) is 4.63. The highest BCUT2D eigenvalue weighted by molar-refractivity contribution is 5.75. The lowest BCUT2D eigenvalue weighted by Crippen LogP contribution is -2.11. The van der Waals surface area contributed by atoms with E-state index in [0.29, 0.717) is 0 Å². The predicted octanol–water partition coefficient (Wildman–Crippen LogP) is 4.09. The molecule has 92 valence electrons. The van der Waals surface area contributed by atoms with Crippen molar-refractivity contribution in [2.24, 2.45) is 0 Å². The van der Waals surface area contributed by atoms with Crippen LogP contribution in [0.25, 0.3) is 11.1 Å². The van der Waals surface area contributed by atoms with Crippen molar-refractivity contribution >= 4 is 0 Å². The van der Waals surface area contributed by atoms with Gasteiger partial charge in [-0.2, -0.15) is 0 Å². The van der Waals surface area contributed by atoms with E-state index in [1.807, 2.05) is 13.8 Å². The third-order valence-electron chi connectivity index (χ3n) is 3.24. The number of fused-ring (bicyclic) bond motifs is 1. The minimum Gasteiger partial charge on any atom is -0.451 e. The Morgan fingerprint density at radius 2 is 1.50 bits per heavy atom. The highest BCUT2D eigenvalue weighted by atomic mass is 16.7. The molecule has 2 nitrogen and oxygen atoms in total. The van der Waals surface area contributed by atoms with Crippen LogP contribution in [0.1, 0.15) is 18.1 Å². The molecule has 2 heteroatoms. The molecule has 0 saturated heterocycles. The Morgan fingerprint density at radius 1 is 0.833 bits per heavy atom. The summed E-state index contributed by atoms with van der Waals surface area (Å²) in [4.78, 5) is 0. The van der Waals surface area contributed by atoms with E-state index < -0.39 is 0 Å². The predicted molar refractivity (Wildman–Crippen MR) is 72.1 cm³/mol. The highest BCUT2D eigenvalue weighted by Gasteiger charge is 2.25. The Morgan fingerprint density at radius 3 is 2.22 bits per heavy atom. The summed E-state index contributed by atoms with van der Waals surface area (Å²) in [6, 6.07) is 12.6. The zero-order valence-electron chi connectivity index (χ0n) is 10.9. The number of aryl methyl sites for hydroxylation is 2. The van der Waals surface area contributed by atoms with Crippen molar-refractivity contribution in [3.63, 3.8) is 0 Å². The SMILES string of the molecule is Cc1ccc(-c2ccc(C)c3c2OC(C)O3)cc1. The van der Waals surface area contributed by atoms with Gasteiger partial charge in [0.1, 0.15) is 0 Å². The van der Waals surface area contributed by atoms with Crippen LogP contribution in [-0.4, -0.2) is 6.29 Å². The van der Waals surface area contributed by atoms with E-state index in [1.165, 1.54) is 5.56 Å². The van der Waals surface area contributed by atoms with E-state index in [1.54, 1.807) is 0 Å². The van der Waals surface area contributed by atoms with Crippen LogP contribution in [0.15, 0.2) is 36.4 Å². The molecule has 0 saturated carbocycles. The molecule has 0 spiro atoms. The molecule has 0 aliphatic carbocycles. The van der Waals surface area contributed by atoms with Gasteiger partial charge in [0.05, 0.1) is 0 Å². The van der Waals surface area contributed by atoms with Gasteiger partial charge in [-0.15, -0.1) is 0 Å². The van der Waals surface area contributed by atoms with E-state index >= 15 is 0 Å². The van der Waals surface area contributed by atoms with Crippen LogP contribution < -0.4 is 9.47 Å². The fourth-order valence-corrected chi connectivity index (χ4v) is 2.24. The molecule has 0 bridgehead atoms.